The lowest BCUT2D eigenvalue weighted by Crippen LogP contribution is -2.50. The number of hydrogen-bond donors (Lipinski definition) is 2. The second-order valence-electron chi connectivity index (χ2n) is 9.79. The van der Waals surface area contributed by atoms with Gasteiger partial charge in [0.2, 0.25) is 0 Å². The maximum atomic E-state index is 13.0. The third-order valence-corrected chi connectivity index (χ3v) is 7.29. The molecule has 0 bridgehead atoms. The van der Waals surface area contributed by atoms with Crippen LogP contribution in [0.3, 0.4) is 0 Å². The van der Waals surface area contributed by atoms with Gasteiger partial charge in [-0.3, -0.25) is 9.89 Å². The molecule has 2 aliphatic heterocycles. The van der Waals surface area contributed by atoms with Gasteiger partial charge in [-0.15, -0.1) is 0 Å². The number of nitrogens with one attached hydrogen (secondary N) is 1. The standard InChI is InChI=1S/C23H27N5O4/c1-22(5-6-22)32-15-3-4-17-16(7-15)20(25-24-17)18-8-19(21(30)27(2)26-18)28-9-14(10-29)23(11-28)12-31-13-23/h3-4,7-8,14,29H,5-6,9-13H2,1-2H3,(H,24,25). The zero-order valence-corrected chi connectivity index (χ0v) is 18.3. The van der Waals surface area contributed by atoms with E-state index >= 15 is 0 Å². The zero-order chi connectivity index (χ0) is 22.1. The SMILES string of the molecule is Cn1nc(-c2n[nH]c3ccc(OC4(C)CC4)cc23)cc(N2CC(CO)C3(COC3)C2)c1=O. The number of aromatic amines is 1. The molecule has 3 fully saturated rings. The van der Waals surface area contributed by atoms with E-state index in [0.29, 0.717) is 43.4 Å². The normalized spacial score (nSPS) is 23.0. The molecule has 2 saturated heterocycles. The lowest BCUT2D eigenvalue weighted by molar-refractivity contribution is -0.131. The van der Waals surface area contributed by atoms with Gasteiger partial charge in [-0.2, -0.15) is 10.2 Å². The molecule has 32 heavy (non-hydrogen) atoms. The molecule has 1 aromatic carbocycles. The van der Waals surface area contributed by atoms with E-state index in [9.17, 15) is 9.90 Å². The maximum absolute atomic E-state index is 13.0. The van der Waals surface area contributed by atoms with Crippen molar-refractivity contribution in [1.82, 2.24) is 20.0 Å². The Labute approximate surface area is 184 Å². The van der Waals surface area contributed by atoms with Gasteiger partial charge in [0, 0.05) is 43.5 Å². The Bertz CT molecular complexity index is 1260. The van der Waals surface area contributed by atoms with Gasteiger partial charge in [0.05, 0.1) is 18.7 Å². The molecule has 3 aliphatic rings. The minimum atomic E-state index is -0.159. The zero-order valence-electron chi connectivity index (χ0n) is 18.3. The quantitative estimate of drug-likeness (QED) is 0.626. The van der Waals surface area contributed by atoms with Gasteiger partial charge in [-0.25, -0.2) is 4.68 Å². The Kier molecular flexibility index (Phi) is 4.19. The van der Waals surface area contributed by atoms with Gasteiger partial charge in [-0.1, -0.05) is 0 Å². The molecule has 9 nitrogen and oxygen atoms in total. The van der Waals surface area contributed by atoms with Crippen LogP contribution in [0.2, 0.25) is 0 Å². The first-order valence-electron chi connectivity index (χ1n) is 11.1. The number of hydrogen-bond acceptors (Lipinski definition) is 7. The van der Waals surface area contributed by atoms with Crippen LogP contribution in [-0.2, 0) is 11.8 Å². The van der Waals surface area contributed by atoms with Crippen molar-refractivity contribution in [3.63, 3.8) is 0 Å². The lowest BCUT2D eigenvalue weighted by atomic mass is 9.77. The number of rotatable bonds is 5. The minimum absolute atomic E-state index is 0.0696. The molecule has 0 amide bonds. The van der Waals surface area contributed by atoms with Gasteiger partial charge in [-0.05, 0) is 44.0 Å². The topological polar surface area (TPSA) is 106 Å². The van der Waals surface area contributed by atoms with Crippen LogP contribution in [0.4, 0.5) is 5.69 Å². The van der Waals surface area contributed by atoms with Crippen molar-refractivity contribution in [2.24, 2.45) is 18.4 Å². The van der Waals surface area contributed by atoms with Crippen LogP contribution in [-0.4, -0.2) is 63.6 Å². The maximum Gasteiger partial charge on any atom is 0.290 e. The van der Waals surface area contributed by atoms with Crippen LogP contribution in [0.25, 0.3) is 22.3 Å². The number of aliphatic hydroxyl groups is 1. The van der Waals surface area contributed by atoms with Gasteiger partial charge in [0.15, 0.2) is 0 Å². The number of nitrogens with zero attached hydrogens (tertiary/aromatic N) is 4. The highest BCUT2D eigenvalue weighted by molar-refractivity contribution is 5.93. The highest BCUT2D eigenvalue weighted by Gasteiger charge is 2.52. The Hall–Kier alpha value is -2.91. The highest BCUT2D eigenvalue weighted by atomic mass is 16.5. The fourth-order valence-electron chi connectivity index (χ4n) is 4.91. The first kappa shape index (κ1) is 19.8. The predicted molar refractivity (Wildman–Crippen MR) is 119 cm³/mol. The van der Waals surface area contributed by atoms with Crippen molar-refractivity contribution in [1.29, 1.82) is 0 Å². The summed E-state index contributed by atoms with van der Waals surface area (Å²) in [5, 5.41) is 22.9. The van der Waals surface area contributed by atoms with E-state index in [1.807, 2.05) is 24.3 Å². The van der Waals surface area contributed by atoms with Crippen molar-refractivity contribution >= 4 is 16.6 Å². The van der Waals surface area contributed by atoms with Gasteiger partial charge in [0.1, 0.15) is 28.4 Å². The number of benzene rings is 1. The number of ether oxygens (including phenoxy) is 2. The summed E-state index contributed by atoms with van der Waals surface area (Å²) in [6.45, 7) is 4.76. The Balaban J connectivity index is 1.39. The number of aliphatic hydroxyl groups excluding tert-OH is 1. The first-order chi connectivity index (χ1) is 15.4. The van der Waals surface area contributed by atoms with Crippen molar-refractivity contribution < 1.29 is 14.6 Å². The molecular formula is C23H27N5O4. The van der Waals surface area contributed by atoms with Crippen LogP contribution in [0.5, 0.6) is 5.75 Å². The summed E-state index contributed by atoms with van der Waals surface area (Å²) in [4.78, 5) is 15.1. The molecule has 1 saturated carbocycles. The summed E-state index contributed by atoms with van der Waals surface area (Å²) >= 11 is 0. The lowest BCUT2D eigenvalue weighted by Gasteiger charge is -2.41. The number of aromatic nitrogens is 4. The fourth-order valence-corrected chi connectivity index (χ4v) is 4.91. The summed E-state index contributed by atoms with van der Waals surface area (Å²) in [6.07, 6.45) is 2.12. The average Bonchev–Trinajstić information content (AvgIpc) is 3.17. The van der Waals surface area contributed by atoms with E-state index in [0.717, 1.165) is 29.5 Å². The van der Waals surface area contributed by atoms with Crippen LogP contribution >= 0.6 is 0 Å². The Morgan fingerprint density at radius 1 is 1.31 bits per heavy atom. The molecule has 1 unspecified atom stereocenters. The van der Waals surface area contributed by atoms with E-state index in [1.165, 1.54) is 4.68 Å². The molecule has 4 heterocycles. The molecule has 168 valence electrons. The van der Waals surface area contributed by atoms with E-state index in [2.05, 4.69) is 27.1 Å². The third-order valence-electron chi connectivity index (χ3n) is 7.29. The van der Waals surface area contributed by atoms with Crippen molar-refractivity contribution in [2.45, 2.75) is 25.4 Å². The average molecular weight is 438 g/mol. The predicted octanol–water partition coefficient (Wildman–Crippen LogP) is 1.70. The Morgan fingerprint density at radius 3 is 2.78 bits per heavy atom. The Morgan fingerprint density at radius 2 is 2.12 bits per heavy atom. The summed E-state index contributed by atoms with van der Waals surface area (Å²) in [5.41, 5.74) is 2.46. The molecule has 1 spiro atoms. The number of fused-ring (bicyclic) bond motifs is 1. The smallest absolute Gasteiger partial charge is 0.290 e. The monoisotopic (exact) mass is 437 g/mol. The molecule has 3 aromatic rings. The summed E-state index contributed by atoms with van der Waals surface area (Å²) in [7, 11) is 1.66. The van der Waals surface area contributed by atoms with Crippen molar-refractivity contribution in [2.75, 3.05) is 37.8 Å². The molecule has 6 rings (SSSR count). The van der Waals surface area contributed by atoms with E-state index in [1.54, 1.807) is 7.05 Å². The van der Waals surface area contributed by atoms with Crippen LogP contribution < -0.4 is 15.2 Å². The van der Waals surface area contributed by atoms with E-state index in [4.69, 9.17) is 9.47 Å². The summed E-state index contributed by atoms with van der Waals surface area (Å²) < 4.78 is 13.0. The molecule has 1 aliphatic carbocycles. The molecular weight excluding hydrogens is 410 g/mol. The minimum Gasteiger partial charge on any atom is -0.488 e. The van der Waals surface area contributed by atoms with Crippen LogP contribution in [0, 0.1) is 11.3 Å². The van der Waals surface area contributed by atoms with Gasteiger partial charge >= 0.3 is 0 Å². The van der Waals surface area contributed by atoms with Gasteiger partial charge < -0.3 is 19.5 Å². The second kappa shape index (κ2) is 6.79. The van der Waals surface area contributed by atoms with Crippen LogP contribution in [0.15, 0.2) is 29.1 Å². The fraction of sp³-hybridized carbons (Fsp3) is 0.522. The molecule has 2 N–H and O–H groups in total. The molecule has 9 heteroatoms. The number of H-pyrrole nitrogens is 1. The molecule has 1 atom stereocenters. The van der Waals surface area contributed by atoms with E-state index in [-0.39, 0.29) is 29.1 Å². The van der Waals surface area contributed by atoms with Crippen molar-refractivity contribution in [3.8, 4) is 17.1 Å². The summed E-state index contributed by atoms with van der Waals surface area (Å²) in [6, 6.07) is 7.72. The van der Waals surface area contributed by atoms with Crippen molar-refractivity contribution in [3.05, 3.63) is 34.6 Å². The van der Waals surface area contributed by atoms with Crippen LogP contribution in [0.1, 0.15) is 19.8 Å². The van der Waals surface area contributed by atoms with Gasteiger partial charge in [0.25, 0.3) is 5.56 Å². The third kappa shape index (κ3) is 3.02. The molecule has 2 aromatic heterocycles. The second-order valence-corrected chi connectivity index (χ2v) is 9.79. The molecule has 0 radical (unpaired) electrons. The number of aryl methyl sites for hydroxylation is 1. The summed E-state index contributed by atoms with van der Waals surface area (Å²) in [5.74, 6) is 0.898. The largest absolute Gasteiger partial charge is 0.488 e. The van der Waals surface area contributed by atoms with E-state index < -0.39 is 0 Å². The highest BCUT2D eigenvalue weighted by Crippen LogP contribution is 2.44. The number of anilines is 1. The first-order valence-corrected chi connectivity index (χ1v) is 11.1.